The van der Waals surface area contributed by atoms with Crippen molar-refractivity contribution in [1.82, 2.24) is 4.98 Å². The maximum Gasteiger partial charge on any atom is 0.334 e. The summed E-state index contributed by atoms with van der Waals surface area (Å²) in [5.41, 5.74) is 11.3. The lowest BCUT2D eigenvalue weighted by atomic mass is 9.94. The van der Waals surface area contributed by atoms with Gasteiger partial charge in [0.05, 0.1) is 16.0 Å². The highest BCUT2D eigenvalue weighted by atomic mass is 16.6. The van der Waals surface area contributed by atoms with Crippen molar-refractivity contribution in [2.45, 2.75) is 25.9 Å². The van der Waals surface area contributed by atoms with E-state index in [1.165, 1.54) is 0 Å². The fraction of sp³-hybridized carbons (Fsp3) is 0.308. The summed E-state index contributed by atoms with van der Waals surface area (Å²) in [6.07, 6.45) is 0.303. The van der Waals surface area contributed by atoms with E-state index in [0.29, 0.717) is 22.9 Å². The van der Waals surface area contributed by atoms with Gasteiger partial charge >= 0.3 is 5.69 Å². The highest BCUT2D eigenvalue weighted by molar-refractivity contribution is 6.00. The molecule has 0 spiro atoms. The third-order valence-corrected chi connectivity index (χ3v) is 2.94. The van der Waals surface area contributed by atoms with Gasteiger partial charge in [0.1, 0.15) is 5.69 Å². The molecule has 0 bridgehead atoms. The number of anilines is 2. The number of nitro groups is 1. The first-order chi connectivity index (χ1) is 9.20. The fourth-order valence-corrected chi connectivity index (χ4v) is 2.24. The number of benzene rings is 1. The normalized spacial score (nSPS) is 11.8. The molecule has 0 fully saturated rings. The van der Waals surface area contributed by atoms with Gasteiger partial charge in [-0.25, -0.2) is 4.98 Å². The van der Waals surface area contributed by atoms with Crippen LogP contribution in [0.5, 0.6) is 0 Å². The standard InChI is InChI=1S/C13H16N4O3/c1-13(2,18)6-7-4-3-5-8-9(7)10(14)11(17(19)20)12(15)16-8/h3-5,18H,6H2,1-2H3,(H4,14,15,16). The van der Waals surface area contributed by atoms with Crippen LogP contribution in [0.1, 0.15) is 19.4 Å². The van der Waals surface area contributed by atoms with Crippen molar-refractivity contribution in [1.29, 1.82) is 0 Å². The number of nitrogen functional groups attached to an aromatic ring is 2. The minimum absolute atomic E-state index is 0.0163. The third-order valence-electron chi connectivity index (χ3n) is 2.94. The Labute approximate surface area is 115 Å². The summed E-state index contributed by atoms with van der Waals surface area (Å²) in [6, 6.07) is 5.19. The van der Waals surface area contributed by atoms with E-state index in [4.69, 9.17) is 11.5 Å². The molecule has 5 N–H and O–H groups in total. The van der Waals surface area contributed by atoms with Gasteiger partial charge in [-0.15, -0.1) is 0 Å². The van der Waals surface area contributed by atoms with Crippen LogP contribution in [0.2, 0.25) is 0 Å². The van der Waals surface area contributed by atoms with E-state index in [2.05, 4.69) is 4.98 Å². The number of nitrogens with two attached hydrogens (primary N) is 2. The van der Waals surface area contributed by atoms with Gasteiger partial charge < -0.3 is 16.6 Å². The second-order valence-corrected chi connectivity index (χ2v) is 5.32. The molecule has 0 amide bonds. The number of rotatable bonds is 3. The molecule has 2 rings (SSSR count). The minimum Gasteiger partial charge on any atom is -0.392 e. The Morgan fingerprint density at radius 3 is 2.60 bits per heavy atom. The van der Waals surface area contributed by atoms with Gasteiger partial charge in [-0.3, -0.25) is 10.1 Å². The molecule has 0 aliphatic carbocycles. The summed E-state index contributed by atoms with van der Waals surface area (Å²) in [5, 5.41) is 21.4. The maximum atomic E-state index is 11.0. The van der Waals surface area contributed by atoms with Crippen LogP contribution in [0, 0.1) is 10.1 Å². The Bertz CT molecular complexity index is 692. The summed E-state index contributed by atoms with van der Waals surface area (Å²) in [7, 11) is 0. The summed E-state index contributed by atoms with van der Waals surface area (Å²) in [6.45, 7) is 3.31. The van der Waals surface area contributed by atoms with Crippen LogP contribution in [0.3, 0.4) is 0 Å². The average Bonchev–Trinajstić information content (AvgIpc) is 2.25. The molecule has 0 unspecified atom stereocenters. The first kappa shape index (κ1) is 14.0. The second kappa shape index (κ2) is 4.61. The number of hydrogen-bond acceptors (Lipinski definition) is 6. The molecule has 2 aromatic rings. The summed E-state index contributed by atoms with van der Waals surface area (Å²) < 4.78 is 0. The zero-order chi connectivity index (χ0) is 15.1. The molecule has 0 saturated heterocycles. The average molecular weight is 276 g/mol. The molecule has 0 radical (unpaired) electrons. The molecule has 1 aromatic heterocycles. The Balaban J connectivity index is 2.79. The van der Waals surface area contributed by atoms with Crippen molar-refractivity contribution < 1.29 is 10.0 Å². The Kier molecular flexibility index (Phi) is 3.23. The number of pyridine rings is 1. The van der Waals surface area contributed by atoms with Gasteiger partial charge in [-0.1, -0.05) is 12.1 Å². The number of nitrogens with zero attached hydrogens (tertiary/aromatic N) is 2. The van der Waals surface area contributed by atoms with Crippen molar-refractivity contribution in [3.63, 3.8) is 0 Å². The summed E-state index contributed by atoms with van der Waals surface area (Å²) >= 11 is 0. The Morgan fingerprint density at radius 1 is 1.40 bits per heavy atom. The molecular formula is C13H16N4O3. The third kappa shape index (κ3) is 2.48. The van der Waals surface area contributed by atoms with Crippen molar-refractivity contribution in [2.75, 3.05) is 11.5 Å². The van der Waals surface area contributed by atoms with Crippen LogP contribution in [0.4, 0.5) is 17.2 Å². The highest BCUT2D eigenvalue weighted by Gasteiger charge is 2.24. The van der Waals surface area contributed by atoms with Gasteiger partial charge in [0.15, 0.2) is 0 Å². The van der Waals surface area contributed by atoms with Gasteiger partial charge in [0.2, 0.25) is 5.82 Å². The van der Waals surface area contributed by atoms with Crippen molar-refractivity contribution in [3.8, 4) is 0 Å². The zero-order valence-corrected chi connectivity index (χ0v) is 11.3. The van der Waals surface area contributed by atoms with Crippen molar-refractivity contribution >= 4 is 28.1 Å². The molecule has 1 heterocycles. The van der Waals surface area contributed by atoms with Crippen molar-refractivity contribution in [2.24, 2.45) is 0 Å². The van der Waals surface area contributed by atoms with Crippen molar-refractivity contribution in [3.05, 3.63) is 33.9 Å². The van der Waals surface area contributed by atoms with Gasteiger partial charge in [0, 0.05) is 11.8 Å². The molecule has 106 valence electrons. The molecule has 0 aliphatic heterocycles. The number of aliphatic hydroxyl groups is 1. The first-order valence-electron chi connectivity index (χ1n) is 6.04. The fourth-order valence-electron chi connectivity index (χ4n) is 2.24. The van der Waals surface area contributed by atoms with Crippen LogP contribution in [-0.4, -0.2) is 20.6 Å². The maximum absolute atomic E-state index is 11.0. The Morgan fingerprint density at radius 2 is 2.05 bits per heavy atom. The van der Waals surface area contributed by atoms with E-state index >= 15 is 0 Å². The van der Waals surface area contributed by atoms with Gasteiger partial charge in [-0.2, -0.15) is 0 Å². The van der Waals surface area contributed by atoms with E-state index in [-0.39, 0.29) is 17.2 Å². The van der Waals surface area contributed by atoms with Crippen LogP contribution < -0.4 is 11.5 Å². The van der Waals surface area contributed by atoms with Crippen LogP contribution in [-0.2, 0) is 6.42 Å². The molecule has 0 atom stereocenters. The SMILES string of the molecule is CC(C)(O)Cc1cccc2nc(N)c([N+](=O)[O-])c(N)c12. The zero-order valence-electron chi connectivity index (χ0n) is 11.3. The van der Waals surface area contributed by atoms with Gasteiger partial charge in [0.25, 0.3) is 0 Å². The lowest BCUT2D eigenvalue weighted by Crippen LogP contribution is -2.22. The second-order valence-electron chi connectivity index (χ2n) is 5.32. The quantitative estimate of drug-likeness (QED) is 0.577. The van der Waals surface area contributed by atoms with E-state index in [9.17, 15) is 15.2 Å². The number of hydrogen-bond donors (Lipinski definition) is 3. The van der Waals surface area contributed by atoms with E-state index in [0.717, 1.165) is 0 Å². The number of fused-ring (bicyclic) bond motifs is 1. The largest absolute Gasteiger partial charge is 0.392 e. The molecule has 0 saturated carbocycles. The molecule has 0 aliphatic rings. The molecule has 20 heavy (non-hydrogen) atoms. The lowest BCUT2D eigenvalue weighted by Gasteiger charge is -2.19. The molecule has 7 nitrogen and oxygen atoms in total. The molecule has 7 heteroatoms. The van der Waals surface area contributed by atoms with E-state index < -0.39 is 10.5 Å². The summed E-state index contributed by atoms with van der Waals surface area (Å²) in [4.78, 5) is 14.4. The molecule has 1 aromatic carbocycles. The Hall–Kier alpha value is -2.41. The van der Waals surface area contributed by atoms with E-state index in [1.807, 2.05) is 0 Å². The lowest BCUT2D eigenvalue weighted by molar-refractivity contribution is -0.383. The monoisotopic (exact) mass is 276 g/mol. The van der Waals surface area contributed by atoms with Crippen LogP contribution in [0.15, 0.2) is 18.2 Å². The van der Waals surface area contributed by atoms with Gasteiger partial charge in [-0.05, 0) is 25.5 Å². The smallest absolute Gasteiger partial charge is 0.334 e. The van der Waals surface area contributed by atoms with Crippen LogP contribution in [0.25, 0.3) is 10.9 Å². The predicted octanol–water partition coefficient (Wildman–Crippen LogP) is 1.62. The number of aromatic nitrogens is 1. The topological polar surface area (TPSA) is 128 Å². The first-order valence-corrected chi connectivity index (χ1v) is 6.04. The molecular weight excluding hydrogens is 260 g/mol. The van der Waals surface area contributed by atoms with Crippen LogP contribution >= 0.6 is 0 Å². The predicted molar refractivity (Wildman–Crippen MR) is 77.2 cm³/mol. The highest BCUT2D eigenvalue weighted by Crippen LogP contribution is 2.36. The minimum atomic E-state index is -0.961. The van der Waals surface area contributed by atoms with E-state index in [1.54, 1.807) is 32.0 Å². The summed E-state index contributed by atoms with van der Waals surface area (Å²) in [5.74, 6) is -0.208.